The summed E-state index contributed by atoms with van der Waals surface area (Å²) in [5.41, 5.74) is -1.13. The van der Waals surface area contributed by atoms with Crippen LogP contribution in [-0.4, -0.2) is 43.1 Å². The first-order valence-corrected chi connectivity index (χ1v) is 8.91. The molecule has 0 atom stereocenters. The van der Waals surface area contributed by atoms with E-state index >= 15 is 0 Å². The molecule has 1 heterocycles. The van der Waals surface area contributed by atoms with Gasteiger partial charge in [-0.2, -0.15) is 0 Å². The summed E-state index contributed by atoms with van der Waals surface area (Å²) in [6, 6.07) is 5.48. The fraction of sp³-hybridized carbons (Fsp3) is 0.474. The monoisotopic (exact) mass is 404 g/mol. The van der Waals surface area contributed by atoms with Crippen LogP contribution in [0, 0.1) is 10.1 Å². The highest BCUT2D eigenvalue weighted by atomic mass is 16.6. The number of benzene rings is 1. The third-order valence-electron chi connectivity index (χ3n) is 3.39. The summed E-state index contributed by atoms with van der Waals surface area (Å²) in [4.78, 5) is 35.3. The van der Waals surface area contributed by atoms with E-state index in [2.05, 4.69) is 10.3 Å². The highest BCUT2D eigenvalue weighted by Crippen LogP contribution is 2.21. The molecule has 0 aliphatic heterocycles. The van der Waals surface area contributed by atoms with Gasteiger partial charge in [0.05, 0.1) is 22.7 Å². The first kappa shape index (κ1) is 22.0. The number of non-ortho nitro benzene ring substituents is 1. The van der Waals surface area contributed by atoms with Gasteiger partial charge < -0.3 is 9.47 Å². The Morgan fingerprint density at radius 2 is 1.59 bits per heavy atom. The third-order valence-corrected chi connectivity index (χ3v) is 3.39. The quantitative estimate of drug-likeness (QED) is 0.423. The second kappa shape index (κ2) is 7.98. The van der Waals surface area contributed by atoms with Crippen molar-refractivity contribution < 1.29 is 24.0 Å². The van der Waals surface area contributed by atoms with Crippen molar-refractivity contribution in [3.05, 3.63) is 45.8 Å². The van der Waals surface area contributed by atoms with Crippen molar-refractivity contribution in [3.63, 3.8) is 0 Å². The van der Waals surface area contributed by atoms with E-state index in [0.29, 0.717) is 5.69 Å². The number of hydrogen-bond donors (Lipinski definition) is 0. The molecule has 0 saturated heterocycles. The summed E-state index contributed by atoms with van der Waals surface area (Å²) in [5.74, 6) is -1.31. The Morgan fingerprint density at radius 3 is 2.07 bits per heavy atom. The van der Waals surface area contributed by atoms with Crippen molar-refractivity contribution >= 4 is 17.6 Å². The van der Waals surface area contributed by atoms with Crippen molar-refractivity contribution in [1.82, 2.24) is 15.0 Å². The van der Waals surface area contributed by atoms with Gasteiger partial charge in [-0.15, -0.1) is 5.10 Å². The smallest absolute Gasteiger partial charge is 0.361 e. The molecule has 156 valence electrons. The lowest BCUT2D eigenvalue weighted by Gasteiger charge is -2.20. The Labute approximate surface area is 168 Å². The number of aromatic nitrogens is 3. The van der Waals surface area contributed by atoms with E-state index in [1.807, 2.05) is 0 Å². The average Bonchev–Trinajstić information content (AvgIpc) is 2.95. The summed E-state index contributed by atoms with van der Waals surface area (Å²) >= 11 is 0. The second-order valence-electron chi connectivity index (χ2n) is 8.34. The molecule has 0 aliphatic rings. The van der Waals surface area contributed by atoms with Gasteiger partial charge in [-0.05, 0) is 53.7 Å². The SMILES string of the molecule is CC(C)(C)OC(=O)Cc1c(C(=O)OC(C)(C)C)nnn1-c1ccc([N+](=O)[O-])cc1. The van der Waals surface area contributed by atoms with Crippen molar-refractivity contribution in [1.29, 1.82) is 0 Å². The number of carbonyl (C=O) groups is 2. The van der Waals surface area contributed by atoms with E-state index in [1.165, 1.54) is 28.9 Å². The van der Waals surface area contributed by atoms with Crippen molar-refractivity contribution in [2.75, 3.05) is 0 Å². The van der Waals surface area contributed by atoms with Gasteiger partial charge in [0, 0.05) is 12.1 Å². The first-order valence-electron chi connectivity index (χ1n) is 8.91. The zero-order valence-corrected chi connectivity index (χ0v) is 17.3. The minimum absolute atomic E-state index is 0.102. The molecule has 1 aromatic carbocycles. The molecule has 0 aliphatic carbocycles. The molecule has 0 N–H and O–H groups in total. The summed E-state index contributed by atoms with van der Waals surface area (Å²) < 4.78 is 12.0. The normalized spacial score (nSPS) is 11.8. The number of rotatable bonds is 5. The summed E-state index contributed by atoms with van der Waals surface area (Å²) in [5, 5.41) is 18.7. The highest BCUT2D eigenvalue weighted by molar-refractivity contribution is 5.90. The van der Waals surface area contributed by atoms with Crippen LogP contribution in [0.15, 0.2) is 24.3 Å². The molecule has 2 aromatic rings. The fourth-order valence-electron chi connectivity index (χ4n) is 2.38. The average molecular weight is 404 g/mol. The predicted molar refractivity (Wildman–Crippen MR) is 103 cm³/mol. The number of nitrogens with zero attached hydrogens (tertiary/aromatic N) is 4. The number of hydrogen-bond acceptors (Lipinski definition) is 8. The van der Waals surface area contributed by atoms with Crippen LogP contribution in [-0.2, 0) is 20.7 Å². The molecule has 0 fully saturated rings. The van der Waals surface area contributed by atoms with Gasteiger partial charge in [-0.1, -0.05) is 5.21 Å². The van der Waals surface area contributed by atoms with Gasteiger partial charge in [-0.3, -0.25) is 14.9 Å². The molecule has 10 nitrogen and oxygen atoms in total. The minimum Gasteiger partial charge on any atom is -0.460 e. The van der Waals surface area contributed by atoms with Crippen LogP contribution in [0.1, 0.15) is 57.7 Å². The van der Waals surface area contributed by atoms with Gasteiger partial charge in [0.15, 0.2) is 5.69 Å². The zero-order chi connectivity index (χ0) is 22.0. The Kier molecular flexibility index (Phi) is 6.05. The molecule has 1 aromatic heterocycles. The standard InChI is InChI=1S/C19H24N4O6/c1-18(2,3)28-15(24)11-14-16(17(25)29-19(4,5)6)20-21-22(14)12-7-9-13(10-8-12)23(26)27/h7-10H,11H2,1-6H3. The summed E-state index contributed by atoms with van der Waals surface area (Å²) in [7, 11) is 0. The van der Waals surface area contributed by atoms with Crippen molar-refractivity contribution in [3.8, 4) is 5.69 Å². The Hall–Kier alpha value is -3.30. The minimum atomic E-state index is -0.766. The topological polar surface area (TPSA) is 126 Å². The van der Waals surface area contributed by atoms with Crippen LogP contribution < -0.4 is 0 Å². The summed E-state index contributed by atoms with van der Waals surface area (Å²) in [6.45, 7) is 10.3. The first-order chi connectivity index (χ1) is 13.3. The van der Waals surface area contributed by atoms with E-state index in [4.69, 9.17) is 9.47 Å². The number of ether oxygens (including phenoxy) is 2. The van der Waals surface area contributed by atoms with E-state index in [1.54, 1.807) is 41.5 Å². The van der Waals surface area contributed by atoms with Gasteiger partial charge in [0.1, 0.15) is 11.2 Å². The maximum atomic E-state index is 12.6. The van der Waals surface area contributed by atoms with Crippen LogP contribution in [0.3, 0.4) is 0 Å². The van der Waals surface area contributed by atoms with Crippen LogP contribution >= 0.6 is 0 Å². The molecule has 0 amide bonds. The molecular formula is C19H24N4O6. The molecule has 2 rings (SSSR count). The highest BCUT2D eigenvalue weighted by Gasteiger charge is 2.29. The molecule has 10 heteroatoms. The molecule has 0 radical (unpaired) electrons. The number of esters is 2. The molecule has 0 unspecified atom stereocenters. The number of nitro groups is 1. The van der Waals surface area contributed by atoms with Crippen LogP contribution in [0.2, 0.25) is 0 Å². The molecule has 0 bridgehead atoms. The maximum absolute atomic E-state index is 12.6. The lowest BCUT2D eigenvalue weighted by atomic mass is 10.1. The third kappa shape index (κ3) is 6.09. The van der Waals surface area contributed by atoms with E-state index in [-0.39, 0.29) is 23.5 Å². The second-order valence-corrected chi connectivity index (χ2v) is 8.34. The van der Waals surface area contributed by atoms with Crippen LogP contribution in [0.4, 0.5) is 5.69 Å². The van der Waals surface area contributed by atoms with Crippen molar-refractivity contribution in [2.24, 2.45) is 0 Å². The predicted octanol–water partition coefficient (Wildman–Crippen LogP) is 3.02. The van der Waals surface area contributed by atoms with Crippen LogP contribution in [0.25, 0.3) is 5.69 Å². The fourth-order valence-corrected chi connectivity index (χ4v) is 2.38. The van der Waals surface area contributed by atoms with Gasteiger partial charge >= 0.3 is 11.9 Å². The summed E-state index contributed by atoms with van der Waals surface area (Å²) in [6.07, 6.45) is -0.282. The lowest BCUT2D eigenvalue weighted by Crippen LogP contribution is -2.27. The maximum Gasteiger partial charge on any atom is 0.361 e. The number of nitro benzene ring substituents is 1. The largest absolute Gasteiger partial charge is 0.460 e. The molecular weight excluding hydrogens is 380 g/mol. The Morgan fingerprint density at radius 1 is 1.03 bits per heavy atom. The lowest BCUT2D eigenvalue weighted by molar-refractivity contribution is -0.384. The van der Waals surface area contributed by atoms with E-state index < -0.39 is 28.1 Å². The van der Waals surface area contributed by atoms with Crippen LogP contribution in [0.5, 0.6) is 0 Å². The van der Waals surface area contributed by atoms with E-state index in [9.17, 15) is 19.7 Å². The molecule has 0 saturated carbocycles. The van der Waals surface area contributed by atoms with E-state index in [0.717, 1.165) is 0 Å². The Balaban J connectivity index is 2.46. The van der Waals surface area contributed by atoms with Gasteiger partial charge in [0.2, 0.25) is 0 Å². The molecule has 0 spiro atoms. The van der Waals surface area contributed by atoms with Gasteiger partial charge in [0.25, 0.3) is 5.69 Å². The van der Waals surface area contributed by atoms with Gasteiger partial charge in [-0.25, -0.2) is 9.48 Å². The Bertz CT molecular complexity index is 920. The molecule has 29 heavy (non-hydrogen) atoms. The zero-order valence-electron chi connectivity index (χ0n) is 17.3. The number of carbonyl (C=O) groups excluding carboxylic acids is 2. The van der Waals surface area contributed by atoms with Crippen molar-refractivity contribution in [2.45, 2.75) is 59.2 Å².